The van der Waals surface area contributed by atoms with E-state index in [9.17, 15) is 0 Å². The molecular formula is C13H23N3. The standard InChI is InChI=1S/C13H23N3/c1-9(2)6-12(14-5)7-13-11(4)15-8-10(3)16-13/h8-9,12,14H,6-7H2,1-5H3. The second kappa shape index (κ2) is 5.94. The minimum atomic E-state index is 0.495. The highest BCUT2D eigenvalue weighted by Gasteiger charge is 2.12. The SMILES string of the molecule is CNC(Cc1nc(C)cnc1C)CC(C)C. The summed E-state index contributed by atoms with van der Waals surface area (Å²) in [6.45, 7) is 8.52. The summed E-state index contributed by atoms with van der Waals surface area (Å²) in [7, 11) is 2.02. The van der Waals surface area contributed by atoms with Crippen LogP contribution in [0.4, 0.5) is 0 Å². The monoisotopic (exact) mass is 221 g/mol. The zero-order chi connectivity index (χ0) is 12.1. The molecule has 0 radical (unpaired) electrons. The predicted molar refractivity (Wildman–Crippen MR) is 67.5 cm³/mol. The summed E-state index contributed by atoms with van der Waals surface area (Å²) in [5.74, 6) is 0.704. The molecule has 0 aromatic carbocycles. The lowest BCUT2D eigenvalue weighted by Crippen LogP contribution is -2.30. The Hall–Kier alpha value is -0.960. The van der Waals surface area contributed by atoms with Gasteiger partial charge in [0.25, 0.3) is 0 Å². The molecule has 1 unspecified atom stereocenters. The molecule has 0 spiro atoms. The summed E-state index contributed by atoms with van der Waals surface area (Å²) in [4.78, 5) is 8.92. The lowest BCUT2D eigenvalue weighted by atomic mass is 9.99. The van der Waals surface area contributed by atoms with Gasteiger partial charge in [0, 0.05) is 18.7 Å². The zero-order valence-corrected chi connectivity index (χ0v) is 11.0. The molecule has 0 saturated carbocycles. The van der Waals surface area contributed by atoms with Crippen molar-refractivity contribution in [1.82, 2.24) is 15.3 Å². The van der Waals surface area contributed by atoms with Gasteiger partial charge in [-0.25, -0.2) is 0 Å². The van der Waals surface area contributed by atoms with Gasteiger partial charge in [-0.15, -0.1) is 0 Å². The van der Waals surface area contributed by atoms with Crippen LogP contribution in [0.1, 0.15) is 37.4 Å². The van der Waals surface area contributed by atoms with E-state index in [1.54, 1.807) is 0 Å². The van der Waals surface area contributed by atoms with E-state index in [-0.39, 0.29) is 0 Å². The summed E-state index contributed by atoms with van der Waals surface area (Å²) in [5, 5.41) is 3.36. The second-order valence-corrected chi connectivity index (χ2v) is 4.86. The minimum absolute atomic E-state index is 0.495. The Bertz CT molecular complexity index is 334. The van der Waals surface area contributed by atoms with Crippen LogP contribution < -0.4 is 5.32 Å². The van der Waals surface area contributed by atoms with Crippen molar-refractivity contribution in [2.45, 2.75) is 46.6 Å². The molecule has 1 heterocycles. The van der Waals surface area contributed by atoms with Crippen LogP contribution in [0, 0.1) is 19.8 Å². The molecular weight excluding hydrogens is 198 g/mol. The van der Waals surface area contributed by atoms with E-state index in [2.05, 4.69) is 29.1 Å². The van der Waals surface area contributed by atoms with E-state index in [0.29, 0.717) is 12.0 Å². The number of aryl methyl sites for hydroxylation is 2. The molecule has 1 aromatic heterocycles. The average molecular weight is 221 g/mol. The molecule has 1 rings (SSSR count). The third kappa shape index (κ3) is 3.89. The highest BCUT2D eigenvalue weighted by atomic mass is 14.9. The fraction of sp³-hybridized carbons (Fsp3) is 0.692. The smallest absolute Gasteiger partial charge is 0.0634 e. The quantitative estimate of drug-likeness (QED) is 0.829. The number of hydrogen-bond acceptors (Lipinski definition) is 3. The molecule has 1 N–H and O–H groups in total. The summed E-state index contributed by atoms with van der Waals surface area (Å²) >= 11 is 0. The summed E-state index contributed by atoms with van der Waals surface area (Å²) in [5.41, 5.74) is 3.18. The Morgan fingerprint density at radius 2 is 2.00 bits per heavy atom. The van der Waals surface area contributed by atoms with Crippen molar-refractivity contribution >= 4 is 0 Å². The number of aromatic nitrogens is 2. The maximum atomic E-state index is 4.57. The molecule has 1 atom stereocenters. The molecule has 0 saturated heterocycles. The Balaban J connectivity index is 2.73. The van der Waals surface area contributed by atoms with Gasteiger partial charge in [0.15, 0.2) is 0 Å². The van der Waals surface area contributed by atoms with E-state index < -0.39 is 0 Å². The maximum absolute atomic E-state index is 4.57. The van der Waals surface area contributed by atoms with Crippen molar-refractivity contribution in [3.63, 3.8) is 0 Å². The molecule has 1 aromatic rings. The lowest BCUT2D eigenvalue weighted by molar-refractivity contribution is 0.437. The fourth-order valence-corrected chi connectivity index (χ4v) is 1.89. The first kappa shape index (κ1) is 13.1. The van der Waals surface area contributed by atoms with Crippen LogP contribution in [0.5, 0.6) is 0 Å². The normalized spacial score (nSPS) is 13.1. The van der Waals surface area contributed by atoms with Gasteiger partial charge < -0.3 is 5.32 Å². The van der Waals surface area contributed by atoms with Gasteiger partial charge in [0.2, 0.25) is 0 Å². The van der Waals surface area contributed by atoms with Gasteiger partial charge in [-0.1, -0.05) is 13.8 Å². The third-order valence-electron chi connectivity index (χ3n) is 2.78. The molecule has 0 bridgehead atoms. The van der Waals surface area contributed by atoms with Gasteiger partial charge in [-0.3, -0.25) is 9.97 Å². The van der Waals surface area contributed by atoms with E-state index >= 15 is 0 Å². The molecule has 3 nitrogen and oxygen atoms in total. The van der Waals surface area contributed by atoms with E-state index in [0.717, 1.165) is 23.5 Å². The molecule has 0 aliphatic rings. The summed E-state index contributed by atoms with van der Waals surface area (Å²) in [6.07, 6.45) is 3.97. The van der Waals surface area contributed by atoms with E-state index in [1.807, 2.05) is 27.1 Å². The lowest BCUT2D eigenvalue weighted by Gasteiger charge is -2.18. The van der Waals surface area contributed by atoms with Crippen LogP contribution in [0.3, 0.4) is 0 Å². The van der Waals surface area contributed by atoms with Crippen LogP contribution in [-0.2, 0) is 6.42 Å². The van der Waals surface area contributed by atoms with Crippen molar-refractivity contribution in [2.75, 3.05) is 7.05 Å². The Labute approximate surface area is 98.7 Å². The van der Waals surface area contributed by atoms with Crippen molar-refractivity contribution < 1.29 is 0 Å². The van der Waals surface area contributed by atoms with Crippen molar-refractivity contribution in [3.05, 3.63) is 23.3 Å². The van der Waals surface area contributed by atoms with Gasteiger partial charge in [0.1, 0.15) is 0 Å². The van der Waals surface area contributed by atoms with Crippen molar-refractivity contribution in [1.29, 1.82) is 0 Å². The summed E-state index contributed by atoms with van der Waals surface area (Å²) < 4.78 is 0. The van der Waals surface area contributed by atoms with Gasteiger partial charge in [-0.2, -0.15) is 0 Å². The highest BCUT2D eigenvalue weighted by molar-refractivity contribution is 5.13. The van der Waals surface area contributed by atoms with Gasteiger partial charge >= 0.3 is 0 Å². The number of likely N-dealkylation sites (N-methyl/N-ethyl adjacent to an activating group) is 1. The first-order valence-corrected chi connectivity index (χ1v) is 5.99. The number of rotatable bonds is 5. The molecule has 90 valence electrons. The Morgan fingerprint density at radius 1 is 1.31 bits per heavy atom. The largest absolute Gasteiger partial charge is 0.317 e. The van der Waals surface area contributed by atoms with Crippen molar-refractivity contribution in [3.8, 4) is 0 Å². The van der Waals surface area contributed by atoms with Crippen LogP contribution in [0.2, 0.25) is 0 Å². The van der Waals surface area contributed by atoms with Gasteiger partial charge in [-0.05, 0) is 33.2 Å². The fourth-order valence-electron chi connectivity index (χ4n) is 1.89. The van der Waals surface area contributed by atoms with Crippen LogP contribution in [-0.4, -0.2) is 23.1 Å². The molecule has 16 heavy (non-hydrogen) atoms. The maximum Gasteiger partial charge on any atom is 0.0634 e. The summed E-state index contributed by atoms with van der Waals surface area (Å²) in [6, 6.07) is 0.495. The molecule has 0 amide bonds. The third-order valence-corrected chi connectivity index (χ3v) is 2.78. The molecule has 3 heteroatoms. The molecule has 0 fully saturated rings. The van der Waals surface area contributed by atoms with Crippen LogP contribution in [0.15, 0.2) is 6.20 Å². The Kier molecular flexibility index (Phi) is 4.87. The predicted octanol–water partition coefficient (Wildman–Crippen LogP) is 2.27. The average Bonchev–Trinajstić information content (AvgIpc) is 2.21. The number of hydrogen-bond donors (Lipinski definition) is 1. The molecule has 0 aliphatic carbocycles. The zero-order valence-electron chi connectivity index (χ0n) is 11.0. The van der Waals surface area contributed by atoms with E-state index in [1.165, 1.54) is 6.42 Å². The molecule has 0 aliphatic heterocycles. The van der Waals surface area contributed by atoms with Crippen molar-refractivity contribution in [2.24, 2.45) is 5.92 Å². The van der Waals surface area contributed by atoms with Gasteiger partial charge in [0.05, 0.1) is 17.1 Å². The first-order valence-electron chi connectivity index (χ1n) is 5.99. The number of nitrogens with one attached hydrogen (secondary N) is 1. The van der Waals surface area contributed by atoms with Crippen LogP contribution >= 0.6 is 0 Å². The Morgan fingerprint density at radius 3 is 2.56 bits per heavy atom. The number of nitrogens with zero attached hydrogens (tertiary/aromatic N) is 2. The van der Waals surface area contributed by atoms with Crippen LogP contribution in [0.25, 0.3) is 0 Å². The topological polar surface area (TPSA) is 37.8 Å². The minimum Gasteiger partial charge on any atom is -0.317 e. The first-order chi connectivity index (χ1) is 7.52. The second-order valence-electron chi connectivity index (χ2n) is 4.86. The van der Waals surface area contributed by atoms with E-state index in [4.69, 9.17) is 0 Å². The highest BCUT2D eigenvalue weighted by Crippen LogP contribution is 2.11.